The monoisotopic (exact) mass is 221 g/mol. The van der Waals surface area contributed by atoms with Gasteiger partial charge in [0.25, 0.3) is 0 Å². The van der Waals surface area contributed by atoms with Crippen LogP contribution < -0.4 is 5.32 Å². The van der Waals surface area contributed by atoms with Crippen LogP contribution in [-0.4, -0.2) is 12.6 Å². The highest BCUT2D eigenvalue weighted by Gasteiger charge is 2.31. The minimum absolute atomic E-state index is 0.138. The van der Waals surface area contributed by atoms with Gasteiger partial charge in [-0.05, 0) is 55.8 Å². The van der Waals surface area contributed by atoms with Gasteiger partial charge in [0.2, 0.25) is 0 Å². The van der Waals surface area contributed by atoms with Crippen LogP contribution >= 0.6 is 0 Å². The van der Waals surface area contributed by atoms with Gasteiger partial charge in [-0.3, -0.25) is 0 Å². The van der Waals surface area contributed by atoms with Crippen LogP contribution in [0.4, 0.5) is 4.39 Å². The Labute approximate surface area is 97.1 Å². The maximum atomic E-state index is 13.0. The second kappa shape index (κ2) is 4.96. The van der Waals surface area contributed by atoms with E-state index >= 15 is 0 Å². The fourth-order valence-electron chi connectivity index (χ4n) is 2.13. The number of benzene rings is 1. The van der Waals surface area contributed by atoms with E-state index in [4.69, 9.17) is 0 Å². The quantitative estimate of drug-likeness (QED) is 0.806. The Bertz CT molecular complexity index is 350. The largest absolute Gasteiger partial charge is 0.314 e. The van der Waals surface area contributed by atoms with Gasteiger partial charge in [-0.25, -0.2) is 4.39 Å². The van der Waals surface area contributed by atoms with E-state index in [1.165, 1.54) is 12.5 Å². The molecule has 1 fully saturated rings. The predicted octanol–water partition coefficient (Wildman–Crippen LogP) is 3.00. The van der Waals surface area contributed by atoms with Crippen LogP contribution in [0.3, 0.4) is 0 Å². The van der Waals surface area contributed by atoms with Gasteiger partial charge in [0.1, 0.15) is 5.82 Å². The van der Waals surface area contributed by atoms with Crippen LogP contribution in [-0.2, 0) is 6.42 Å². The van der Waals surface area contributed by atoms with E-state index in [-0.39, 0.29) is 5.82 Å². The van der Waals surface area contributed by atoms with Crippen molar-refractivity contribution in [2.75, 3.05) is 6.54 Å². The van der Waals surface area contributed by atoms with Crippen LogP contribution in [0, 0.1) is 17.7 Å². The summed E-state index contributed by atoms with van der Waals surface area (Å²) >= 11 is 0. The van der Waals surface area contributed by atoms with E-state index < -0.39 is 0 Å². The van der Waals surface area contributed by atoms with Gasteiger partial charge in [-0.15, -0.1) is 0 Å². The Hall–Kier alpha value is -0.890. The molecule has 0 bridgehead atoms. The van der Waals surface area contributed by atoms with Crippen LogP contribution in [0.15, 0.2) is 24.3 Å². The molecule has 1 aliphatic carbocycles. The summed E-state index contributed by atoms with van der Waals surface area (Å²) in [5, 5.41) is 3.52. The predicted molar refractivity (Wildman–Crippen MR) is 64.8 cm³/mol. The SMILES string of the molecule is CC(Cc1cccc(F)c1)NCC1CC1C. The van der Waals surface area contributed by atoms with Crippen molar-refractivity contribution in [3.8, 4) is 0 Å². The second-order valence-corrected chi connectivity index (χ2v) is 5.12. The first-order valence-electron chi connectivity index (χ1n) is 6.13. The molecule has 2 rings (SSSR count). The molecule has 1 aromatic rings. The minimum Gasteiger partial charge on any atom is -0.314 e. The highest BCUT2D eigenvalue weighted by Crippen LogP contribution is 2.36. The summed E-state index contributed by atoms with van der Waals surface area (Å²) in [5.41, 5.74) is 1.07. The third kappa shape index (κ3) is 3.31. The highest BCUT2D eigenvalue weighted by molar-refractivity contribution is 5.17. The molecule has 0 aromatic heterocycles. The number of nitrogens with one attached hydrogen (secondary N) is 1. The second-order valence-electron chi connectivity index (χ2n) is 5.12. The van der Waals surface area contributed by atoms with Crippen molar-refractivity contribution in [3.05, 3.63) is 35.6 Å². The van der Waals surface area contributed by atoms with Crippen molar-refractivity contribution in [2.45, 2.75) is 32.7 Å². The molecule has 0 aliphatic heterocycles. The Morgan fingerprint density at radius 1 is 1.50 bits per heavy atom. The minimum atomic E-state index is -0.138. The maximum absolute atomic E-state index is 13.0. The topological polar surface area (TPSA) is 12.0 Å². The van der Waals surface area contributed by atoms with Gasteiger partial charge >= 0.3 is 0 Å². The molecular weight excluding hydrogens is 201 g/mol. The molecular formula is C14H20FN. The standard InChI is InChI=1S/C14H20FN/c1-10-6-13(10)9-16-11(2)7-12-4-3-5-14(15)8-12/h3-5,8,10-11,13,16H,6-7,9H2,1-2H3. The van der Waals surface area contributed by atoms with Crippen LogP contribution in [0.2, 0.25) is 0 Å². The summed E-state index contributed by atoms with van der Waals surface area (Å²) in [6.45, 7) is 5.57. The molecule has 1 nitrogen and oxygen atoms in total. The first-order valence-corrected chi connectivity index (χ1v) is 6.13. The van der Waals surface area contributed by atoms with Crippen molar-refractivity contribution in [1.29, 1.82) is 0 Å². The van der Waals surface area contributed by atoms with Gasteiger partial charge < -0.3 is 5.32 Å². The maximum Gasteiger partial charge on any atom is 0.123 e. The Morgan fingerprint density at radius 2 is 2.25 bits per heavy atom. The normalized spacial score (nSPS) is 25.4. The third-order valence-corrected chi connectivity index (χ3v) is 3.44. The zero-order chi connectivity index (χ0) is 11.5. The molecule has 16 heavy (non-hydrogen) atoms. The van der Waals surface area contributed by atoms with Gasteiger partial charge in [0, 0.05) is 6.04 Å². The Morgan fingerprint density at radius 3 is 2.88 bits per heavy atom. The van der Waals surface area contributed by atoms with E-state index in [0.717, 1.165) is 30.4 Å². The molecule has 0 saturated heterocycles. The number of rotatable bonds is 5. The number of hydrogen-bond donors (Lipinski definition) is 1. The van der Waals surface area contributed by atoms with Crippen molar-refractivity contribution in [2.24, 2.45) is 11.8 Å². The van der Waals surface area contributed by atoms with E-state index in [0.29, 0.717) is 6.04 Å². The summed E-state index contributed by atoms with van der Waals surface area (Å²) in [6, 6.07) is 7.31. The zero-order valence-electron chi connectivity index (χ0n) is 10.0. The van der Waals surface area contributed by atoms with Crippen LogP contribution in [0.1, 0.15) is 25.8 Å². The summed E-state index contributed by atoms with van der Waals surface area (Å²) in [4.78, 5) is 0. The summed E-state index contributed by atoms with van der Waals surface area (Å²) < 4.78 is 13.0. The van der Waals surface area contributed by atoms with Crippen molar-refractivity contribution in [1.82, 2.24) is 5.32 Å². The third-order valence-electron chi connectivity index (χ3n) is 3.44. The average molecular weight is 221 g/mol. The molecule has 3 unspecified atom stereocenters. The Kier molecular flexibility index (Phi) is 3.59. The van der Waals surface area contributed by atoms with Crippen LogP contribution in [0.5, 0.6) is 0 Å². The number of hydrogen-bond acceptors (Lipinski definition) is 1. The zero-order valence-corrected chi connectivity index (χ0v) is 10.0. The average Bonchev–Trinajstić information content (AvgIpc) is 2.92. The lowest BCUT2D eigenvalue weighted by molar-refractivity contribution is 0.513. The summed E-state index contributed by atoms with van der Waals surface area (Å²) in [7, 11) is 0. The Balaban J connectivity index is 1.75. The smallest absolute Gasteiger partial charge is 0.123 e. The van der Waals surface area contributed by atoms with Crippen molar-refractivity contribution in [3.63, 3.8) is 0 Å². The van der Waals surface area contributed by atoms with E-state index in [1.54, 1.807) is 12.1 Å². The van der Waals surface area contributed by atoms with E-state index in [9.17, 15) is 4.39 Å². The molecule has 1 N–H and O–H groups in total. The van der Waals surface area contributed by atoms with Crippen molar-refractivity contribution >= 4 is 0 Å². The fraction of sp³-hybridized carbons (Fsp3) is 0.571. The number of halogens is 1. The molecule has 2 heteroatoms. The van der Waals surface area contributed by atoms with Crippen LogP contribution in [0.25, 0.3) is 0 Å². The van der Waals surface area contributed by atoms with Gasteiger partial charge in [0.05, 0.1) is 0 Å². The lowest BCUT2D eigenvalue weighted by Gasteiger charge is -2.13. The molecule has 0 amide bonds. The first kappa shape index (κ1) is 11.6. The fourth-order valence-corrected chi connectivity index (χ4v) is 2.13. The molecule has 0 heterocycles. The van der Waals surface area contributed by atoms with E-state index in [1.807, 2.05) is 6.07 Å². The summed E-state index contributed by atoms with van der Waals surface area (Å²) in [5.74, 6) is 1.63. The lowest BCUT2D eigenvalue weighted by Crippen LogP contribution is -2.30. The van der Waals surface area contributed by atoms with Gasteiger partial charge in [-0.1, -0.05) is 19.1 Å². The lowest BCUT2D eigenvalue weighted by atomic mass is 10.1. The molecule has 1 aliphatic rings. The summed E-state index contributed by atoms with van der Waals surface area (Å²) in [6.07, 6.45) is 2.26. The molecule has 1 saturated carbocycles. The molecule has 0 spiro atoms. The molecule has 0 radical (unpaired) electrons. The van der Waals surface area contributed by atoms with Gasteiger partial charge in [-0.2, -0.15) is 0 Å². The first-order chi connectivity index (χ1) is 7.65. The molecule has 88 valence electrons. The van der Waals surface area contributed by atoms with Gasteiger partial charge in [0.15, 0.2) is 0 Å². The van der Waals surface area contributed by atoms with Crippen molar-refractivity contribution < 1.29 is 4.39 Å². The highest BCUT2D eigenvalue weighted by atomic mass is 19.1. The van der Waals surface area contributed by atoms with E-state index in [2.05, 4.69) is 19.2 Å². The molecule has 3 atom stereocenters. The molecule has 1 aromatic carbocycles.